The van der Waals surface area contributed by atoms with Crippen molar-refractivity contribution in [1.82, 2.24) is 4.90 Å². The van der Waals surface area contributed by atoms with E-state index in [1.54, 1.807) is 18.2 Å². The van der Waals surface area contributed by atoms with Gasteiger partial charge in [-0.2, -0.15) is 0 Å². The predicted octanol–water partition coefficient (Wildman–Crippen LogP) is 4.39. The van der Waals surface area contributed by atoms with E-state index in [9.17, 15) is 4.79 Å². The number of nitrogens with zero attached hydrogens (tertiary/aromatic N) is 1. The fourth-order valence-corrected chi connectivity index (χ4v) is 2.55. The van der Waals surface area contributed by atoms with Crippen molar-refractivity contribution in [2.24, 2.45) is 0 Å². The Morgan fingerprint density at radius 2 is 2.05 bits per heavy atom. The molecule has 0 saturated heterocycles. The summed E-state index contributed by atoms with van der Waals surface area (Å²) in [7, 11) is 1.78. The molecule has 1 aromatic carbocycles. The van der Waals surface area contributed by atoms with Crippen LogP contribution in [0.25, 0.3) is 0 Å². The minimum Gasteiger partial charge on any atom is -0.469 e. The average molecular weight is 387 g/mol. The van der Waals surface area contributed by atoms with E-state index in [2.05, 4.69) is 31.9 Å². The largest absolute Gasteiger partial charge is 0.469 e. The molecule has 0 aliphatic rings. The summed E-state index contributed by atoms with van der Waals surface area (Å²) in [5.74, 6) is 0.807. The maximum atomic E-state index is 12.4. The first-order valence-corrected chi connectivity index (χ1v) is 7.31. The Morgan fingerprint density at radius 3 is 2.68 bits per heavy atom. The van der Waals surface area contributed by atoms with Gasteiger partial charge in [-0.1, -0.05) is 15.9 Å². The van der Waals surface area contributed by atoms with Crippen LogP contribution in [0.1, 0.15) is 21.7 Å². The molecule has 0 aliphatic heterocycles. The van der Waals surface area contributed by atoms with Crippen LogP contribution in [0.4, 0.5) is 0 Å². The Morgan fingerprint density at radius 1 is 1.32 bits per heavy atom. The van der Waals surface area contributed by atoms with Gasteiger partial charge in [-0.15, -0.1) is 0 Å². The van der Waals surface area contributed by atoms with Crippen molar-refractivity contribution < 1.29 is 9.21 Å². The standard InChI is InChI=1S/C14H13Br2NO2/c1-9-10(5-6-19-9)8-17(2)14(18)12-7-11(15)3-4-13(12)16/h3-7H,8H2,1-2H3. The number of rotatable bonds is 3. The van der Waals surface area contributed by atoms with Gasteiger partial charge in [0.15, 0.2) is 0 Å². The van der Waals surface area contributed by atoms with Gasteiger partial charge < -0.3 is 9.32 Å². The van der Waals surface area contributed by atoms with Crippen LogP contribution in [0.2, 0.25) is 0 Å². The van der Waals surface area contributed by atoms with Gasteiger partial charge >= 0.3 is 0 Å². The molecule has 0 saturated carbocycles. The summed E-state index contributed by atoms with van der Waals surface area (Å²) in [6, 6.07) is 7.44. The van der Waals surface area contributed by atoms with Gasteiger partial charge in [0.1, 0.15) is 5.76 Å². The number of furan rings is 1. The highest BCUT2D eigenvalue weighted by Crippen LogP contribution is 2.23. The van der Waals surface area contributed by atoms with Crippen LogP contribution in [0.3, 0.4) is 0 Å². The van der Waals surface area contributed by atoms with Crippen molar-refractivity contribution in [2.75, 3.05) is 7.05 Å². The molecule has 0 radical (unpaired) electrons. The maximum Gasteiger partial charge on any atom is 0.255 e. The molecule has 0 spiro atoms. The zero-order chi connectivity index (χ0) is 14.0. The summed E-state index contributed by atoms with van der Waals surface area (Å²) in [4.78, 5) is 14.1. The Labute approximate surface area is 128 Å². The second-order valence-electron chi connectivity index (χ2n) is 4.29. The number of halogens is 2. The Hall–Kier alpha value is -1.07. The molecule has 1 heterocycles. The smallest absolute Gasteiger partial charge is 0.255 e. The number of carbonyl (C=O) groups excluding carboxylic acids is 1. The lowest BCUT2D eigenvalue weighted by molar-refractivity contribution is 0.0783. The van der Waals surface area contributed by atoms with E-state index >= 15 is 0 Å². The fourth-order valence-electron chi connectivity index (χ4n) is 1.77. The monoisotopic (exact) mass is 385 g/mol. The molecule has 2 rings (SSSR count). The minimum atomic E-state index is -0.0335. The Balaban J connectivity index is 2.19. The van der Waals surface area contributed by atoms with Gasteiger partial charge in [0.25, 0.3) is 5.91 Å². The van der Waals surface area contributed by atoms with Gasteiger partial charge in [-0.25, -0.2) is 0 Å². The number of amides is 1. The van der Waals surface area contributed by atoms with Crippen LogP contribution in [-0.2, 0) is 6.54 Å². The topological polar surface area (TPSA) is 33.5 Å². The zero-order valence-corrected chi connectivity index (χ0v) is 13.8. The molecule has 0 N–H and O–H groups in total. The lowest BCUT2D eigenvalue weighted by Crippen LogP contribution is -2.26. The van der Waals surface area contributed by atoms with Gasteiger partial charge in [-0.05, 0) is 47.1 Å². The first-order valence-electron chi connectivity index (χ1n) is 5.72. The van der Waals surface area contributed by atoms with E-state index in [0.717, 1.165) is 20.3 Å². The highest BCUT2D eigenvalue weighted by Gasteiger charge is 2.16. The van der Waals surface area contributed by atoms with E-state index in [4.69, 9.17) is 4.42 Å². The molecular formula is C14H13Br2NO2. The number of benzene rings is 1. The SMILES string of the molecule is Cc1occc1CN(C)C(=O)c1cc(Br)ccc1Br. The van der Waals surface area contributed by atoms with Crippen LogP contribution in [0.15, 0.2) is 43.9 Å². The Bertz CT molecular complexity index is 607. The van der Waals surface area contributed by atoms with E-state index < -0.39 is 0 Å². The van der Waals surface area contributed by atoms with Crippen LogP contribution in [0, 0.1) is 6.92 Å². The van der Waals surface area contributed by atoms with E-state index in [1.165, 1.54) is 0 Å². The molecule has 0 fully saturated rings. The van der Waals surface area contributed by atoms with Crippen LogP contribution in [-0.4, -0.2) is 17.9 Å². The highest BCUT2D eigenvalue weighted by molar-refractivity contribution is 9.11. The number of hydrogen-bond donors (Lipinski definition) is 0. The minimum absolute atomic E-state index is 0.0335. The second-order valence-corrected chi connectivity index (χ2v) is 6.06. The van der Waals surface area contributed by atoms with Crippen LogP contribution >= 0.6 is 31.9 Å². The van der Waals surface area contributed by atoms with Gasteiger partial charge in [0.2, 0.25) is 0 Å². The molecule has 0 bridgehead atoms. The van der Waals surface area contributed by atoms with Crippen molar-refractivity contribution in [2.45, 2.75) is 13.5 Å². The summed E-state index contributed by atoms with van der Waals surface area (Å²) in [6.07, 6.45) is 1.64. The molecule has 100 valence electrons. The third-order valence-corrected chi connectivity index (χ3v) is 4.06. The summed E-state index contributed by atoms with van der Waals surface area (Å²) < 4.78 is 6.91. The highest BCUT2D eigenvalue weighted by atomic mass is 79.9. The Kier molecular flexibility index (Phi) is 4.47. The normalized spacial score (nSPS) is 10.5. The fraction of sp³-hybridized carbons (Fsp3) is 0.214. The molecule has 19 heavy (non-hydrogen) atoms. The summed E-state index contributed by atoms with van der Waals surface area (Å²) in [5, 5.41) is 0. The number of hydrogen-bond acceptors (Lipinski definition) is 2. The summed E-state index contributed by atoms with van der Waals surface area (Å²) in [6.45, 7) is 2.42. The van der Waals surface area contributed by atoms with E-state index in [0.29, 0.717) is 12.1 Å². The molecule has 0 atom stereocenters. The van der Waals surface area contributed by atoms with Crippen molar-refractivity contribution in [3.63, 3.8) is 0 Å². The van der Waals surface area contributed by atoms with Gasteiger partial charge in [0, 0.05) is 28.1 Å². The third kappa shape index (κ3) is 3.28. The molecule has 0 aliphatic carbocycles. The second kappa shape index (κ2) is 5.92. The third-order valence-electron chi connectivity index (χ3n) is 2.88. The lowest BCUT2D eigenvalue weighted by atomic mass is 10.2. The van der Waals surface area contributed by atoms with Crippen LogP contribution in [0.5, 0.6) is 0 Å². The predicted molar refractivity (Wildman–Crippen MR) is 81.1 cm³/mol. The average Bonchev–Trinajstić information content (AvgIpc) is 2.77. The van der Waals surface area contributed by atoms with Crippen molar-refractivity contribution in [3.8, 4) is 0 Å². The molecule has 5 heteroatoms. The first kappa shape index (κ1) is 14.3. The summed E-state index contributed by atoms with van der Waals surface area (Å²) in [5.41, 5.74) is 1.65. The number of carbonyl (C=O) groups is 1. The van der Waals surface area contributed by atoms with Crippen molar-refractivity contribution in [3.05, 3.63) is 56.4 Å². The summed E-state index contributed by atoms with van der Waals surface area (Å²) >= 11 is 6.78. The lowest BCUT2D eigenvalue weighted by Gasteiger charge is -2.17. The first-order chi connectivity index (χ1) is 8.99. The van der Waals surface area contributed by atoms with E-state index in [-0.39, 0.29) is 5.91 Å². The van der Waals surface area contributed by atoms with Gasteiger partial charge in [-0.3, -0.25) is 4.79 Å². The molecule has 2 aromatic rings. The number of aryl methyl sites for hydroxylation is 1. The van der Waals surface area contributed by atoms with Crippen molar-refractivity contribution >= 4 is 37.8 Å². The van der Waals surface area contributed by atoms with Crippen LogP contribution < -0.4 is 0 Å². The molecule has 3 nitrogen and oxygen atoms in total. The quantitative estimate of drug-likeness (QED) is 0.783. The zero-order valence-electron chi connectivity index (χ0n) is 10.6. The molecular weight excluding hydrogens is 374 g/mol. The molecule has 1 aromatic heterocycles. The molecule has 1 amide bonds. The van der Waals surface area contributed by atoms with Gasteiger partial charge in [0.05, 0.1) is 11.8 Å². The van der Waals surface area contributed by atoms with E-state index in [1.807, 2.05) is 31.2 Å². The maximum absolute atomic E-state index is 12.4. The van der Waals surface area contributed by atoms with Crippen molar-refractivity contribution in [1.29, 1.82) is 0 Å². The molecule has 0 unspecified atom stereocenters.